The van der Waals surface area contributed by atoms with E-state index in [1.807, 2.05) is 45.7 Å². The largest absolute Gasteiger partial charge is 0.336 e. The van der Waals surface area contributed by atoms with Crippen LogP contribution in [0.2, 0.25) is 0 Å². The lowest BCUT2D eigenvalue weighted by Gasteiger charge is -2.33. The van der Waals surface area contributed by atoms with E-state index in [4.69, 9.17) is 0 Å². The zero-order valence-electron chi connectivity index (χ0n) is 18.1. The number of imidazole rings is 1. The third-order valence-electron chi connectivity index (χ3n) is 6.69. The number of hydrogen-bond acceptors (Lipinski definition) is 5. The summed E-state index contributed by atoms with van der Waals surface area (Å²) < 4.78 is 1.87. The summed E-state index contributed by atoms with van der Waals surface area (Å²) in [6.45, 7) is 3.69. The van der Waals surface area contributed by atoms with Crippen LogP contribution in [0.1, 0.15) is 32.8 Å². The number of fused-ring (bicyclic) bond motifs is 4. The number of likely N-dealkylation sites (tertiary alicyclic amines) is 2. The van der Waals surface area contributed by atoms with Crippen LogP contribution in [-0.2, 0) is 0 Å². The number of carbonyl (C=O) groups is 2. The Bertz CT molecular complexity index is 1490. The molecule has 4 aromatic rings. The summed E-state index contributed by atoms with van der Waals surface area (Å²) in [5.41, 5.74) is 2.58. The molecule has 2 atom stereocenters. The molecule has 0 saturated carbocycles. The van der Waals surface area contributed by atoms with Gasteiger partial charge in [-0.25, -0.2) is 10.1 Å². The number of nitrogens with zero attached hydrogens (tertiary/aromatic N) is 5. The van der Waals surface area contributed by atoms with Crippen LogP contribution in [-0.4, -0.2) is 66.9 Å². The van der Waals surface area contributed by atoms with Crippen LogP contribution in [0.3, 0.4) is 0 Å². The highest BCUT2D eigenvalue weighted by Gasteiger charge is 2.42. The third-order valence-corrected chi connectivity index (χ3v) is 6.69. The monoisotopic (exact) mass is 442 g/mol. The summed E-state index contributed by atoms with van der Waals surface area (Å²) in [7, 11) is 0. The van der Waals surface area contributed by atoms with Gasteiger partial charge in [-0.05, 0) is 49.6 Å². The van der Waals surface area contributed by atoms with Crippen LogP contribution in [0.5, 0.6) is 0 Å². The molecule has 2 amide bonds. The molecule has 6 rings (SSSR count). The van der Waals surface area contributed by atoms with E-state index in [-0.39, 0.29) is 29.3 Å². The second-order valence-electron chi connectivity index (χ2n) is 8.99. The van der Waals surface area contributed by atoms with Crippen molar-refractivity contribution in [2.24, 2.45) is 5.92 Å². The minimum absolute atomic E-state index is 0.0209. The maximum atomic E-state index is 13.3. The van der Waals surface area contributed by atoms with Crippen molar-refractivity contribution < 1.29 is 9.59 Å². The molecule has 0 spiro atoms. The Morgan fingerprint density at radius 1 is 1.03 bits per heavy atom. The molecule has 33 heavy (non-hydrogen) atoms. The molecule has 2 unspecified atom stereocenters. The van der Waals surface area contributed by atoms with Crippen LogP contribution in [0.25, 0.3) is 16.4 Å². The lowest BCUT2D eigenvalue weighted by atomic mass is 9.99. The average Bonchev–Trinajstić information content (AvgIpc) is 3.34. The van der Waals surface area contributed by atoms with Crippen molar-refractivity contribution in [1.82, 2.24) is 29.4 Å². The average molecular weight is 442 g/mol. The van der Waals surface area contributed by atoms with Crippen molar-refractivity contribution in [2.45, 2.75) is 19.4 Å². The molecule has 5 heterocycles. The molecule has 9 heteroatoms. The molecule has 2 fully saturated rings. The summed E-state index contributed by atoms with van der Waals surface area (Å²) in [5.74, 6) is 0.151. The Morgan fingerprint density at radius 2 is 1.88 bits per heavy atom. The van der Waals surface area contributed by atoms with Crippen LogP contribution < -0.4 is 5.56 Å². The maximum Gasteiger partial charge on any atom is 0.272 e. The molecule has 2 saturated heterocycles. The predicted molar refractivity (Wildman–Crippen MR) is 121 cm³/mol. The van der Waals surface area contributed by atoms with Gasteiger partial charge < -0.3 is 14.2 Å². The number of benzene rings is 1. The van der Waals surface area contributed by atoms with E-state index in [1.54, 1.807) is 24.4 Å². The molecule has 2 aliphatic rings. The van der Waals surface area contributed by atoms with Gasteiger partial charge in [-0.2, -0.15) is 5.10 Å². The molecule has 0 radical (unpaired) electrons. The Balaban J connectivity index is 1.23. The van der Waals surface area contributed by atoms with E-state index >= 15 is 0 Å². The quantitative estimate of drug-likeness (QED) is 0.510. The summed E-state index contributed by atoms with van der Waals surface area (Å²) in [6.07, 6.45) is 6.17. The summed E-state index contributed by atoms with van der Waals surface area (Å²) >= 11 is 0. The van der Waals surface area contributed by atoms with E-state index in [0.29, 0.717) is 41.5 Å². The van der Waals surface area contributed by atoms with E-state index < -0.39 is 0 Å². The van der Waals surface area contributed by atoms with Gasteiger partial charge in [-0.3, -0.25) is 14.4 Å². The van der Waals surface area contributed by atoms with Crippen LogP contribution in [0.4, 0.5) is 0 Å². The fourth-order valence-corrected chi connectivity index (χ4v) is 5.20. The van der Waals surface area contributed by atoms with Crippen LogP contribution in [0.15, 0.2) is 53.7 Å². The van der Waals surface area contributed by atoms with Gasteiger partial charge in [0, 0.05) is 43.0 Å². The smallest absolute Gasteiger partial charge is 0.272 e. The minimum atomic E-state index is -0.276. The first-order valence-corrected chi connectivity index (χ1v) is 11.0. The minimum Gasteiger partial charge on any atom is -0.336 e. The molecular formula is C24H22N6O3. The van der Waals surface area contributed by atoms with Crippen molar-refractivity contribution in [3.63, 3.8) is 0 Å². The number of rotatable bonds is 2. The summed E-state index contributed by atoms with van der Waals surface area (Å²) in [5, 5.41) is 7.37. The van der Waals surface area contributed by atoms with E-state index in [0.717, 1.165) is 17.8 Å². The zero-order chi connectivity index (χ0) is 22.7. The van der Waals surface area contributed by atoms with Crippen LogP contribution >= 0.6 is 0 Å². The second-order valence-corrected chi connectivity index (χ2v) is 8.99. The Labute approximate surface area is 188 Å². The fraction of sp³-hybridized carbons (Fsp3) is 0.292. The maximum absolute atomic E-state index is 13.3. The lowest BCUT2D eigenvalue weighted by molar-refractivity contribution is 0.0618. The summed E-state index contributed by atoms with van der Waals surface area (Å²) in [4.78, 5) is 46.6. The molecular weight excluding hydrogens is 420 g/mol. The first-order valence-electron chi connectivity index (χ1n) is 11.0. The third kappa shape index (κ3) is 3.27. The highest BCUT2D eigenvalue weighted by Crippen LogP contribution is 2.32. The molecule has 9 nitrogen and oxygen atoms in total. The normalized spacial score (nSPS) is 20.0. The highest BCUT2D eigenvalue weighted by molar-refractivity contribution is 5.99. The van der Waals surface area contributed by atoms with Gasteiger partial charge in [0.2, 0.25) is 0 Å². The first-order chi connectivity index (χ1) is 16.0. The van der Waals surface area contributed by atoms with E-state index in [9.17, 15) is 14.4 Å². The van der Waals surface area contributed by atoms with Gasteiger partial charge in [-0.15, -0.1) is 0 Å². The number of hydrogen-bond donors (Lipinski definition) is 1. The van der Waals surface area contributed by atoms with Crippen LogP contribution in [0, 0.1) is 12.8 Å². The number of aromatic amines is 1. The number of carbonyl (C=O) groups excluding carboxylic acids is 2. The van der Waals surface area contributed by atoms with E-state index in [1.165, 1.54) is 0 Å². The number of pyridine rings is 1. The number of amides is 2. The molecule has 166 valence electrons. The lowest BCUT2D eigenvalue weighted by Crippen LogP contribution is -2.46. The highest BCUT2D eigenvalue weighted by atomic mass is 16.2. The second kappa shape index (κ2) is 7.26. The Hall–Kier alpha value is -4.01. The number of piperidine rings is 1. The number of aromatic nitrogens is 4. The molecule has 1 N–H and O–H groups in total. The topological polar surface area (TPSA) is 104 Å². The SMILES string of the molecule is Cc1cn2cc(C(=O)N3CC4CC(C3)N(C(=O)c3ccc5c(=O)[nH]ncc5c3)C4)ccc2n1. The molecule has 0 aliphatic carbocycles. The molecule has 3 aromatic heterocycles. The number of aryl methyl sites for hydroxylation is 1. The first kappa shape index (κ1) is 19.7. The summed E-state index contributed by atoms with van der Waals surface area (Å²) in [6, 6.07) is 8.71. The molecule has 1 aromatic carbocycles. The molecule has 2 aliphatic heterocycles. The predicted octanol–water partition coefficient (Wildman–Crippen LogP) is 1.87. The van der Waals surface area contributed by atoms with Crippen molar-refractivity contribution in [3.8, 4) is 0 Å². The van der Waals surface area contributed by atoms with Gasteiger partial charge in [-0.1, -0.05) is 0 Å². The fourth-order valence-electron chi connectivity index (χ4n) is 5.20. The van der Waals surface area contributed by atoms with Gasteiger partial charge in [0.15, 0.2) is 0 Å². The van der Waals surface area contributed by atoms with Gasteiger partial charge in [0.25, 0.3) is 17.4 Å². The van der Waals surface area contributed by atoms with Crippen molar-refractivity contribution in [3.05, 3.63) is 76.1 Å². The van der Waals surface area contributed by atoms with Crippen molar-refractivity contribution >= 4 is 28.2 Å². The van der Waals surface area contributed by atoms with Gasteiger partial charge in [0.05, 0.1) is 28.9 Å². The number of H-pyrrole nitrogens is 1. The molecule has 2 bridgehead atoms. The Morgan fingerprint density at radius 3 is 2.76 bits per heavy atom. The van der Waals surface area contributed by atoms with Gasteiger partial charge in [0.1, 0.15) is 5.65 Å². The van der Waals surface area contributed by atoms with Crippen molar-refractivity contribution in [1.29, 1.82) is 0 Å². The standard InChI is InChI=1S/C24H22N6O3/c1-14-9-28-12-17(3-5-21(28)26-14)23(32)29-10-15-6-19(13-29)30(11-15)24(33)16-2-4-20-18(7-16)8-25-27-22(20)31/h2-5,7-9,12,15,19H,6,10-11,13H2,1H3,(H,27,31). The Kier molecular flexibility index (Phi) is 4.33. The van der Waals surface area contributed by atoms with E-state index in [2.05, 4.69) is 15.2 Å². The zero-order valence-corrected chi connectivity index (χ0v) is 18.1. The van der Waals surface area contributed by atoms with Crippen molar-refractivity contribution in [2.75, 3.05) is 19.6 Å². The van der Waals surface area contributed by atoms with Gasteiger partial charge >= 0.3 is 0 Å². The number of nitrogens with one attached hydrogen (secondary N) is 1.